The number of hydrogen-bond donors (Lipinski definition) is 1. The maximum Gasteiger partial charge on any atom is 0.147 e. The minimum absolute atomic E-state index is 0.222. The fourth-order valence-electron chi connectivity index (χ4n) is 2.65. The third kappa shape index (κ3) is 2.70. The van der Waals surface area contributed by atoms with Gasteiger partial charge in [-0.2, -0.15) is 5.26 Å². The third-order valence-corrected chi connectivity index (χ3v) is 3.67. The average Bonchev–Trinajstić information content (AvgIpc) is 2.37. The van der Waals surface area contributed by atoms with Gasteiger partial charge in [-0.25, -0.2) is 4.98 Å². The van der Waals surface area contributed by atoms with Crippen molar-refractivity contribution in [1.29, 1.82) is 5.26 Å². The van der Waals surface area contributed by atoms with Crippen molar-refractivity contribution < 1.29 is 0 Å². The number of pyridine rings is 1. The van der Waals surface area contributed by atoms with Crippen molar-refractivity contribution >= 4 is 5.82 Å². The summed E-state index contributed by atoms with van der Waals surface area (Å²) in [6, 6.07) is 4.46. The van der Waals surface area contributed by atoms with Crippen LogP contribution in [-0.4, -0.2) is 49.2 Å². The molecule has 2 heterocycles. The molecule has 19 heavy (non-hydrogen) atoms. The van der Waals surface area contributed by atoms with Gasteiger partial charge >= 0.3 is 0 Å². The Hall–Kier alpha value is -1.64. The molecule has 0 spiro atoms. The first-order chi connectivity index (χ1) is 9.06. The van der Waals surface area contributed by atoms with E-state index in [2.05, 4.69) is 27.9 Å². The monoisotopic (exact) mass is 259 g/mol. The molecule has 0 radical (unpaired) electrons. The van der Waals surface area contributed by atoms with Gasteiger partial charge in [0.2, 0.25) is 0 Å². The number of likely N-dealkylation sites (N-methyl/N-ethyl adjacent to an activating group) is 1. The molecule has 2 rings (SSSR count). The van der Waals surface area contributed by atoms with Gasteiger partial charge in [-0.3, -0.25) is 0 Å². The summed E-state index contributed by atoms with van der Waals surface area (Å²) in [6.07, 6.45) is 0. The molecule has 0 aromatic carbocycles. The molecule has 0 bridgehead atoms. The van der Waals surface area contributed by atoms with E-state index in [4.69, 9.17) is 5.73 Å². The summed E-state index contributed by atoms with van der Waals surface area (Å²) in [5.41, 5.74) is 8.49. The van der Waals surface area contributed by atoms with Gasteiger partial charge in [-0.15, -0.1) is 0 Å². The molecule has 0 aliphatic carbocycles. The van der Waals surface area contributed by atoms with Gasteiger partial charge < -0.3 is 15.5 Å². The average molecular weight is 259 g/mol. The van der Waals surface area contributed by atoms with Crippen molar-refractivity contribution in [3.05, 3.63) is 22.9 Å². The molecule has 1 aliphatic heterocycles. The SMILES string of the molecule is Cc1cc(C)c(C#N)c(N2CCN(C)CC2CN)n1. The number of rotatable bonds is 2. The second kappa shape index (κ2) is 5.55. The molecule has 1 saturated heterocycles. The van der Waals surface area contributed by atoms with Crippen molar-refractivity contribution in [3.63, 3.8) is 0 Å². The van der Waals surface area contributed by atoms with Crippen molar-refractivity contribution in [2.75, 3.05) is 38.1 Å². The van der Waals surface area contributed by atoms with E-state index in [-0.39, 0.29) is 6.04 Å². The lowest BCUT2D eigenvalue weighted by Crippen LogP contribution is -2.55. The number of aromatic nitrogens is 1. The van der Waals surface area contributed by atoms with Crippen LogP contribution in [-0.2, 0) is 0 Å². The Bertz CT molecular complexity index is 505. The van der Waals surface area contributed by atoms with Gasteiger partial charge in [0, 0.05) is 31.9 Å². The molecule has 1 aromatic heterocycles. The fourth-order valence-corrected chi connectivity index (χ4v) is 2.65. The predicted molar refractivity (Wildman–Crippen MR) is 76.1 cm³/mol. The zero-order valence-corrected chi connectivity index (χ0v) is 11.8. The molecule has 1 aromatic rings. The molecule has 1 fully saturated rings. The highest BCUT2D eigenvalue weighted by molar-refractivity contribution is 5.59. The molecule has 1 atom stereocenters. The second-order valence-electron chi connectivity index (χ2n) is 5.24. The number of nitrogens with zero attached hydrogens (tertiary/aromatic N) is 4. The number of nitrogens with two attached hydrogens (primary N) is 1. The highest BCUT2D eigenvalue weighted by Gasteiger charge is 2.27. The maximum atomic E-state index is 9.37. The van der Waals surface area contributed by atoms with Gasteiger partial charge in [0.15, 0.2) is 0 Å². The number of aryl methyl sites for hydroxylation is 2. The van der Waals surface area contributed by atoms with Gasteiger partial charge in [-0.05, 0) is 32.5 Å². The van der Waals surface area contributed by atoms with Gasteiger partial charge in [0.05, 0.1) is 11.6 Å². The molecule has 5 heteroatoms. The summed E-state index contributed by atoms with van der Waals surface area (Å²) in [7, 11) is 2.10. The number of anilines is 1. The van der Waals surface area contributed by atoms with E-state index in [1.807, 2.05) is 19.9 Å². The van der Waals surface area contributed by atoms with Crippen LogP contribution in [0.5, 0.6) is 0 Å². The quantitative estimate of drug-likeness (QED) is 0.844. The van der Waals surface area contributed by atoms with Crippen molar-refractivity contribution in [1.82, 2.24) is 9.88 Å². The largest absolute Gasteiger partial charge is 0.349 e. The number of piperazine rings is 1. The van der Waals surface area contributed by atoms with Crippen molar-refractivity contribution in [3.8, 4) is 6.07 Å². The van der Waals surface area contributed by atoms with Crippen LogP contribution in [0.4, 0.5) is 5.82 Å². The fraction of sp³-hybridized carbons (Fsp3) is 0.571. The Morgan fingerprint density at radius 2 is 2.21 bits per heavy atom. The lowest BCUT2D eigenvalue weighted by atomic mass is 10.1. The highest BCUT2D eigenvalue weighted by atomic mass is 15.3. The van der Waals surface area contributed by atoms with Gasteiger partial charge in [0.1, 0.15) is 11.9 Å². The molecule has 0 saturated carbocycles. The summed E-state index contributed by atoms with van der Waals surface area (Å²) < 4.78 is 0. The van der Waals surface area contributed by atoms with E-state index in [9.17, 15) is 5.26 Å². The van der Waals surface area contributed by atoms with E-state index < -0.39 is 0 Å². The summed E-state index contributed by atoms with van der Waals surface area (Å²) in [5, 5.41) is 9.37. The Kier molecular flexibility index (Phi) is 4.03. The van der Waals surface area contributed by atoms with E-state index in [1.54, 1.807) is 0 Å². The first-order valence-corrected chi connectivity index (χ1v) is 6.60. The first kappa shape index (κ1) is 13.8. The molecular formula is C14H21N5. The number of nitriles is 1. The molecule has 0 amide bonds. The van der Waals surface area contributed by atoms with Crippen molar-refractivity contribution in [2.24, 2.45) is 5.73 Å². The van der Waals surface area contributed by atoms with E-state index >= 15 is 0 Å². The summed E-state index contributed by atoms with van der Waals surface area (Å²) in [5.74, 6) is 0.795. The van der Waals surface area contributed by atoms with Crippen LogP contribution in [0, 0.1) is 25.2 Å². The van der Waals surface area contributed by atoms with Crippen LogP contribution >= 0.6 is 0 Å². The van der Waals surface area contributed by atoms with E-state index in [1.165, 1.54) is 0 Å². The lowest BCUT2D eigenvalue weighted by Gasteiger charge is -2.40. The normalized spacial score (nSPS) is 20.4. The maximum absolute atomic E-state index is 9.37. The Labute approximate surface area is 114 Å². The molecular weight excluding hydrogens is 238 g/mol. The summed E-state index contributed by atoms with van der Waals surface area (Å²) in [4.78, 5) is 9.04. The Morgan fingerprint density at radius 1 is 1.47 bits per heavy atom. The van der Waals surface area contributed by atoms with Crippen LogP contribution in [0.3, 0.4) is 0 Å². The second-order valence-corrected chi connectivity index (χ2v) is 5.24. The van der Waals surface area contributed by atoms with Crippen LogP contribution in [0.1, 0.15) is 16.8 Å². The van der Waals surface area contributed by atoms with E-state index in [0.29, 0.717) is 12.1 Å². The predicted octanol–water partition coefficient (Wildman–Crippen LogP) is 0.649. The van der Waals surface area contributed by atoms with Gasteiger partial charge in [-0.1, -0.05) is 0 Å². The molecule has 1 aliphatic rings. The summed E-state index contributed by atoms with van der Waals surface area (Å²) in [6.45, 7) is 7.24. The van der Waals surface area contributed by atoms with Crippen LogP contribution in [0.2, 0.25) is 0 Å². The first-order valence-electron chi connectivity index (χ1n) is 6.60. The summed E-state index contributed by atoms with van der Waals surface area (Å²) >= 11 is 0. The molecule has 1 unspecified atom stereocenters. The molecule has 2 N–H and O–H groups in total. The van der Waals surface area contributed by atoms with E-state index in [0.717, 1.165) is 36.7 Å². The van der Waals surface area contributed by atoms with Crippen LogP contribution in [0.15, 0.2) is 6.07 Å². The highest BCUT2D eigenvalue weighted by Crippen LogP contribution is 2.25. The van der Waals surface area contributed by atoms with Gasteiger partial charge in [0.25, 0.3) is 0 Å². The van der Waals surface area contributed by atoms with Crippen LogP contribution < -0.4 is 10.6 Å². The Morgan fingerprint density at radius 3 is 2.84 bits per heavy atom. The number of hydrogen-bond acceptors (Lipinski definition) is 5. The topological polar surface area (TPSA) is 69.2 Å². The van der Waals surface area contributed by atoms with Crippen LogP contribution in [0.25, 0.3) is 0 Å². The zero-order valence-electron chi connectivity index (χ0n) is 11.8. The third-order valence-electron chi connectivity index (χ3n) is 3.67. The standard InChI is InChI=1S/C14H21N5/c1-10-6-11(2)17-14(13(10)8-16)19-5-4-18(3)9-12(19)7-15/h6,12H,4-5,7,9,15H2,1-3H3. The smallest absolute Gasteiger partial charge is 0.147 e. The Balaban J connectivity index is 2.43. The molecule has 5 nitrogen and oxygen atoms in total. The zero-order chi connectivity index (χ0) is 14.0. The lowest BCUT2D eigenvalue weighted by molar-refractivity contribution is 0.268. The minimum Gasteiger partial charge on any atom is -0.349 e. The minimum atomic E-state index is 0.222. The van der Waals surface area contributed by atoms with Crippen molar-refractivity contribution in [2.45, 2.75) is 19.9 Å². The molecule has 102 valence electrons.